The number of imidazole rings is 1. The first-order valence-electron chi connectivity index (χ1n) is 8.87. The van der Waals surface area contributed by atoms with Crippen LogP contribution in [0, 0.1) is 12.3 Å². The molecular weight excluding hydrogens is 314 g/mol. The zero-order valence-electron chi connectivity index (χ0n) is 15.8. The SMILES string of the molecule is Cc1ncc(-c2cncc([C@H]3CCCN(C(=O)C(C)(C)C)C3)n2)n1C. The summed E-state index contributed by atoms with van der Waals surface area (Å²) in [7, 11) is 1.98. The third-order valence-electron chi connectivity index (χ3n) is 4.90. The van der Waals surface area contributed by atoms with Gasteiger partial charge in [0.15, 0.2) is 0 Å². The second kappa shape index (κ2) is 6.58. The number of piperidine rings is 1. The first-order chi connectivity index (χ1) is 11.8. The van der Waals surface area contributed by atoms with Crippen molar-refractivity contribution in [2.75, 3.05) is 13.1 Å². The third-order valence-corrected chi connectivity index (χ3v) is 4.90. The van der Waals surface area contributed by atoms with Crippen LogP contribution in [0.1, 0.15) is 51.0 Å². The molecule has 1 atom stereocenters. The van der Waals surface area contributed by atoms with Crippen molar-refractivity contribution in [3.8, 4) is 11.4 Å². The highest BCUT2D eigenvalue weighted by Crippen LogP contribution is 2.29. The van der Waals surface area contributed by atoms with Gasteiger partial charge in [-0.25, -0.2) is 9.97 Å². The highest BCUT2D eigenvalue weighted by Gasteiger charge is 2.32. The number of hydrogen-bond acceptors (Lipinski definition) is 4. The molecule has 2 aromatic heterocycles. The van der Waals surface area contributed by atoms with Gasteiger partial charge in [0.25, 0.3) is 0 Å². The Balaban J connectivity index is 1.83. The number of carbonyl (C=O) groups is 1. The van der Waals surface area contributed by atoms with Crippen molar-refractivity contribution in [2.24, 2.45) is 12.5 Å². The number of aryl methyl sites for hydroxylation is 1. The van der Waals surface area contributed by atoms with Crippen LogP contribution in [0.25, 0.3) is 11.4 Å². The summed E-state index contributed by atoms with van der Waals surface area (Å²) in [4.78, 5) is 28.2. The zero-order chi connectivity index (χ0) is 18.2. The zero-order valence-corrected chi connectivity index (χ0v) is 15.8. The van der Waals surface area contributed by atoms with Gasteiger partial charge in [0, 0.05) is 37.7 Å². The first-order valence-corrected chi connectivity index (χ1v) is 8.87. The van der Waals surface area contributed by atoms with Gasteiger partial charge < -0.3 is 9.47 Å². The van der Waals surface area contributed by atoms with E-state index in [1.807, 2.05) is 56.6 Å². The fourth-order valence-electron chi connectivity index (χ4n) is 3.32. The van der Waals surface area contributed by atoms with Crippen molar-refractivity contribution in [3.05, 3.63) is 30.1 Å². The summed E-state index contributed by atoms with van der Waals surface area (Å²) in [5, 5.41) is 0. The second-order valence-electron chi connectivity index (χ2n) is 7.92. The molecule has 1 aliphatic rings. The van der Waals surface area contributed by atoms with E-state index < -0.39 is 0 Å². The minimum atomic E-state index is -0.346. The summed E-state index contributed by atoms with van der Waals surface area (Å²) >= 11 is 0. The molecule has 1 aliphatic heterocycles. The van der Waals surface area contributed by atoms with Crippen molar-refractivity contribution in [3.63, 3.8) is 0 Å². The van der Waals surface area contributed by atoms with Crippen LogP contribution < -0.4 is 0 Å². The van der Waals surface area contributed by atoms with Gasteiger partial charge in [-0.3, -0.25) is 9.78 Å². The summed E-state index contributed by atoms with van der Waals surface area (Å²) in [5.74, 6) is 1.40. The molecule has 6 nitrogen and oxygen atoms in total. The minimum Gasteiger partial charge on any atom is -0.342 e. The average Bonchev–Trinajstić information content (AvgIpc) is 2.93. The van der Waals surface area contributed by atoms with Crippen LogP contribution in [0.3, 0.4) is 0 Å². The van der Waals surface area contributed by atoms with Gasteiger partial charge in [0.05, 0.1) is 23.8 Å². The standard InChI is InChI=1S/C19H27N5O/c1-13-21-11-17(23(13)5)16-10-20-9-15(22-16)14-7-6-8-24(12-14)18(25)19(2,3)4/h9-11,14H,6-8,12H2,1-5H3/t14-/m0/s1. The molecule has 0 aromatic carbocycles. The maximum absolute atomic E-state index is 12.6. The first kappa shape index (κ1) is 17.6. The van der Waals surface area contributed by atoms with Crippen molar-refractivity contribution >= 4 is 5.91 Å². The van der Waals surface area contributed by atoms with Crippen molar-refractivity contribution < 1.29 is 4.79 Å². The lowest BCUT2D eigenvalue weighted by Crippen LogP contribution is -2.44. The van der Waals surface area contributed by atoms with E-state index in [2.05, 4.69) is 9.97 Å². The summed E-state index contributed by atoms with van der Waals surface area (Å²) in [6, 6.07) is 0. The molecule has 3 rings (SSSR count). The normalized spacial score (nSPS) is 18.4. The number of amides is 1. The third kappa shape index (κ3) is 3.57. The maximum Gasteiger partial charge on any atom is 0.227 e. The molecule has 2 aromatic rings. The Morgan fingerprint density at radius 2 is 2.00 bits per heavy atom. The van der Waals surface area contributed by atoms with Gasteiger partial charge in [0.2, 0.25) is 5.91 Å². The van der Waals surface area contributed by atoms with Gasteiger partial charge in [-0.15, -0.1) is 0 Å². The number of likely N-dealkylation sites (tertiary alicyclic amines) is 1. The van der Waals surface area contributed by atoms with Gasteiger partial charge >= 0.3 is 0 Å². The summed E-state index contributed by atoms with van der Waals surface area (Å²) in [6.07, 6.45) is 7.49. The van der Waals surface area contributed by atoms with Crippen molar-refractivity contribution in [2.45, 2.75) is 46.5 Å². The fraction of sp³-hybridized carbons (Fsp3) is 0.579. The van der Waals surface area contributed by atoms with E-state index in [0.717, 1.165) is 48.8 Å². The van der Waals surface area contributed by atoms with Crippen LogP contribution in [-0.2, 0) is 11.8 Å². The highest BCUT2D eigenvalue weighted by atomic mass is 16.2. The van der Waals surface area contributed by atoms with E-state index in [1.54, 1.807) is 6.20 Å². The predicted molar refractivity (Wildman–Crippen MR) is 97.0 cm³/mol. The molecular formula is C19H27N5O. The Morgan fingerprint density at radius 3 is 2.64 bits per heavy atom. The van der Waals surface area contributed by atoms with E-state index in [4.69, 9.17) is 4.98 Å². The van der Waals surface area contributed by atoms with Crippen LogP contribution in [0.5, 0.6) is 0 Å². The Kier molecular flexibility index (Phi) is 4.62. The monoisotopic (exact) mass is 341 g/mol. The van der Waals surface area contributed by atoms with E-state index in [9.17, 15) is 4.79 Å². The lowest BCUT2D eigenvalue weighted by Gasteiger charge is -2.36. The molecule has 1 fully saturated rings. The van der Waals surface area contributed by atoms with Crippen LogP contribution >= 0.6 is 0 Å². The smallest absolute Gasteiger partial charge is 0.227 e. The number of rotatable bonds is 2. The lowest BCUT2D eigenvalue weighted by atomic mass is 9.90. The molecule has 6 heteroatoms. The Hall–Kier alpha value is -2.24. The summed E-state index contributed by atoms with van der Waals surface area (Å²) < 4.78 is 2.02. The lowest BCUT2D eigenvalue weighted by molar-refractivity contribution is -0.140. The largest absolute Gasteiger partial charge is 0.342 e. The van der Waals surface area contributed by atoms with Crippen molar-refractivity contribution in [1.29, 1.82) is 0 Å². The van der Waals surface area contributed by atoms with E-state index >= 15 is 0 Å². The topological polar surface area (TPSA) is 63.9 Å². The van der Waals surface area contributed by atoms with E-state index in [0.29, 0.717) is 0 Å². The Labute approximate surface area is 149 Å². The number of nitrogens with zero attached hydrogens (tertiary/aromatic N) is 5. The van der Waals surface area contributed by atoms with Gasteiger partial charge in [-0.2, -0.15) is 0 Å². The summed E-state index contributed by atoms with van der Waals surface area (Å²) in [6.45, 7) is 9.45. The molecule has 0 aliphatic carbocycles. The highest BCUT2D eigenvalue weighted by molar-refractivity contribution is 5.81. The molecule has 0 spiro atoms. The fourth-order valence-corrected chi connectivity index (χ4v) is 3.32. The van der Waals surface area contributed by atoms with E-state index in [1.165, 1.54) is 0 Å². The Bertz CT molecular complexity index is 774. The number of aromatic nitrogens is 4. The van der Waals surface area contributed by atoms with Crippen LogP contribution in [0.2, 0.25) is 0 Å². The van der Waals surface area contributed by atoms with Crippen LogP contribution in [0.4, 0.5) is 0 Å². The Morgan fingerprint density at radius 1 is 1.24 bits per heavy atom. The molecule has 0 saturated carbocycles. The number of hydrogen-bond donors (Lipinski definition) is 0. The molecule has 134 valence electrons. The minimum absolute atomic E-state index is 0.212. The molecule has 0 N–H and O–H groups in total. The number of carbonyl (C=O) groups excluding carboxylic acids is 1. The average molecular weight is 341 g/mol. The quantitative estimate of drug-likeness (QED) is 0.842. The van der Waals surface area contributed by atoms with Gasteiger partial charge in [-0.05, 0) is 19.8 Å². The molecule has 3 heterocycles. The molecule has 1 saturated heterocycles. The predicted octanol–water partition coefficient (Wildman–Crippen LogP) is 2.94. The van der Waals surface area contributed by atoms with Crippen LogP contribution in [0.15, 0.2) is 18.6 Å². The maximum atomic E-state index is 12.6. The van der Waals surface area contributed by atoms with Crippen LogP contribution in [-0.4, -0.2) is 43.4 Å². The molecule has 1 amide bonds. The van der Waals surface area contributed by atoms with Gasteiger partial charge in [0.1, 0.15) is 11.5 Å². The summed E-state index contributed by atoms with van der Waals surface area (Å²) in [5.41, 5.74) is 2.41. The van der Waals surface area contributed by atoms with Crippen molar-refractivity contribution in [1.82, 2.24) is 24.4 Å². The molecule has 0 unspecified atom stereocenters. The second-order valence-corrected chi connectivity index (χ2v) is 7.92. The molecule has 0 radical (unpaired) electrons. The molecule has 25 heavy (non-hydrogen) atoms. The van der Waals surface area contributed by atoms with E-state index in [-0.39, 0.29) is 17.2 Å². The molecule has 0 bridgehead atoms. The van der Waals surface area contributed by atoms with Gasteiger partial charge in [-0.1, -0.05) is 20.8 Å².